The number of benzene rings is 2. The minimum absolute atomic E-state index is 0.0771. The minimum Gasteiger partial charge on any atom is -0.488 e. The predicted octanol–water partition coefficient (Wildman–Crippen LogP) is 4.61. The Kier molecular flexibility index (Phi) is 5.50. The lowest BCUT2D eigenvalue weighted by Crippen LogP contribution is -2.22. The van der Waals surface area contributed by atoms with Crippen LogP contribution in [0.1, 0.15) is 49.7 Å². The van der Waals surface area contributed by atoms with E-state index in [1.807, 2.05) is 20.8 Å². The van der Waals surface area contributed by atoms with Crippen molar-refractivity contribution in [1.82, 2.24) is 0 Å². The zero-order chi connectivity index (χ0) is 19.5. The first-order chi connectivity index (χ1) is 12.1. The van der Waals surface area contributed by atoms with Crippen molar-refractivity contribution < 1.29 is 24.3 Å². The van der Waals surface area contributed by atoms with E-state index in [-0.39, 0.29) is 22.6 Å². The second-order valence-corrected chi connectivity index (χ2v) is 6.79. The normalized spacial score (nSPS) is 12.3. The third kappa shape index (κ3) is 4.95. The molecule has 7 heteroatoms. The molecule has 138 valence electrons. The van der Waals surface area contributed by atoms with E-state index in [0.717, 1.165) is 17.7 Å². The Morgan fingerprint density at radius 2 is 1.77 bits per heavy atom. The Morgan fingerprint density at radius 1 is 1.15 bits per heavy atom. The lowest BCUT2D eigenvalue weighted by Gasteiger charge is -2.22. The molecule has 0 saturated carbocycles. The van der Waals surface area contributed by atoms with Gasteiger partial charge in [0.2, 0.25) is 0 Å². The highest BCUT2D eigenvalue weighted by atomic mass is 16.6. The Labute approximate surface area is 151 Å². The van der Waals surface area contributed by atoms with Crippen LogP contribution in [0.2, 0.25) is 0 Å². The van der Waals surface area contributed by atoms with Gasteiger partial charge in [0.1, 0.15) is 17.5 Å². The van der Waals surface area contributed by atoms with E-state index in [4.69, 9.17) is 14.6 Å². The summed E-state index contributed by atoms with van der Waals surface area (Å²) in [6.45, 7) is 7.57. The first-order valence-electron chi connectivity index (χ1n) is 8.04. The van der Waals surface area contributed by atoms with Gasteiger partial charge in [0, 0.05) is 12.1 Å². The van der Waals surface area contributed by atoms with Crippen LogP contribution in [0, 0.1) is 10.1 Å². The molecule has 2 aromatic carbocycles. The maximum atomic E-state index is 11.2. The molecule has 0 bridgehead atoms. The number of ether oxygens (including phenoxy) is 2. The van der Waals surface area contributed by atoms with Crippen molar-refractivity contribution >= 4 is 11.7 Å². The van der Waals surface area contributed by atoms with Crippen molar-refractivity contribution in [1.29, 1.82) is 0 Å². The van der Waals surface area contributed by atoms with Gasteiger partial charge < -0.3 is 14.6 Å². The molecule has 7 nitrogen and oxygen atoms in total. The summed E-state index contributed by atoms with van der Waals surface area (Å²) in [6.07, 6.45) is -0.513. The molecule has 0 aromatic heterocycles. The second kappa shape index (κ2) is 7.43. The minimum atomic E-state index is -1.18. The maximum absolute atomic E-state index is 11.2. The Morgan fingerprint density at radius 3 is 2.27 bits per heavy atom. The molecule has 0 aliphatic carbocycles. The summed E-state index contributed by atoms with van der Waals surface area (Å²) in [4.78, 5) is 21.7. The number of aromatic carboxylic acids is 1. The molecule has 0 heterocycles. The van der Waals surface area contributed by atoms with E-state index in [2.05, 4.69) is 0 Å². The molecule has 0 saturated heterocycles. The number of carboxylic acids is 1. The molecule has 0 radical (unpaired) electrons. The SMILES string of the molecule is CC(Oc1cc(C(=O)O)ccc1[N+](=O)[O-])c1ccc(OC(C)(C)C)cc1. The average Bonchev–Trinajstić information content (AvgIpc) is 2.53. The lowest BCUT2D eigenvalue weighted by molar-refractivity contribution is -0.386. The summed E-state index contributed by atoms with van der Waals surface area (Å²) in [5.74, 6) is -0.564. The second-order valence-electron chi connectivity index (χ2n) is 6.79. The average molecular weight is 359 g/mol. The van der Waals surface area contributed by atoms with E-state index in [0.29, 0.717) is 5.75 Å². The Hall–Kier alpha value is -3.09. The molecule has 0 aliphatic heterocycles. The van der Waals surface area contributed by atoms with Crippen LogP contribution in [0.4, 0.5) is 5.69 Å². The number of nitro benzene ring substituents is 1. The van der Waals surface area contributed by atoms with E-state index in [1.165, 1.54) is 6.07 Å². The van der Waals surface area contributed by atoms with Gasteiger partial charge in [0.05, 0.1) is 10.5 Å². The van der Waals surface area contributed by atoms with E-state index >= 15 is 0 Å². The molecular formula is C19H21NO6. The van der Waals surface area contributed by atoms with Gasteiger partial charge >= 0.3 is 11.7 Å². The summed E-state index contributed by atoms with van der Waals surface area (Å²) < 4.78 is 11.4. The van der Waals surface area contributed by atoms with Crippen molar-refractivity contribution in [3.05, 3.63) is 63.7 Å². The number of carboxylic acid groups (broad SMARTS) is 1. The molecule has 0 spiro atoms. The highest BCUT2D eigenvalue weighted by Crippen LogP contribution is 2.32. The fourth-order valence-corrected chi connectivity index (χ4v) is 2.31. The molecule has 0 aliphatic rings. The van der Waals surface area contributed by atoms with Crippen LogP contribution >= 0.6 is 0 Å². The van der Waals surface area contributed by atoms with Crippen molar-refractivity contribution in [2.75, 3.05) is 0 Å². The topological polar surface area (TPSA) is 98.9 Å². The molecule has 1 unspecified atom stereocenters. The summed E-state index contributed by atoms with van der Waals surface area (Å²) in [6, 6.07) is 10.7. The van der Waals surface area contributed by atoms with Gasteiger partial charge in [-0.1, -0.05) is 12.1 Å². The Bertz CT molecular complexity index is 808. The summed E-state index contributed by atoms with van der Waals surface area (Å²) in [5.41, 5.74) is 0.101. The summed E-state index contributed by atoms with van der Waals surface area (Å²) >= 11 is 0. The largest absolute Gasteiger partial charge is 0.488 e. The van der Waals surface area contributed by atoms with Crippen molar-refractivity contribution in [2.45, 2.75) is 39.4 Å². The van der Waals surface area contributed by atoms with Gasteiger partial charge in [0.25, 0.3) is 0 Å². The highest BCUT2D eigenvalue weighted by molar-refractivity contribution is 5.88. The van der Waals surface area contributed by atoms with Crippen LogP contribution in [0.5, 0.6) is 11.5 Å². The smallest absolute Gasteiger partial charge is 0.335 e. The van der Waals surface area contributed by atoms with Gasteiger partial charge in [0.15, 0.2) is 5.75 Å². The number of nitrogens with zero attached hydrogens (tertiary/aromatic N) is 1. The van der Waals surface area contributed by atoms with Crippen molar-refractivity contribution in [3.8, 4) is 11.5 Å². The number of hydrogen-bond acceptors (Lipinski definition) is 5. The monoisotopic (exact) mass is 359 g/mol. The van der Waals surface area contributed by atoms with Gasteiger partial charge in [-0.2, -0.15) is 0 Å². The third-order valence-corrected chi connectivity index (χ3v) is 3.48. The quantitative estimate of drug-likeness (QED) is 0.597. The standard InChI is InChI=1S/C19H21NO6/c1-12(13-5-8-15(9-6-13)26-19(2,3)4)25-17-11-14(18(21)22)7-10-16(17)20(23)24/h5-12H,1-4H3,(H,21,22). The number of carbonyl (C=O) groups is 1. The fourth-order valence-electron chi connectivity index (χ4n) is 2.31. The van der Waals surface area contributed by atoms with Crippen LogP contribution in [0.15, 0.2) is 42.5 Å². The predicted molar refractivity (Wildman–Crippen MR) is 95.9 cm³/mol. The van der Waals surface area contributed by atoms with Crippen molar-refractivity contribution in [2.24, 2.45) is 0 Å². The third-order valence-electron chi connectivity index (χ3n) is 3.48. The lowest BCUT2D eigenvalue weighted by atomic mass is 10.1. The molecular weight excluding hydrogens is 338 g/mol. The first kappa shape index (κ1) is 19.2. The zero-order valence-corrected chi connectivity index (χ0v) is 15.1. The molecule has 0 amide bonds. The van der Waals surface area contributed by atoms with E-state index in [1.54, 1.807) is 31.2 Å². The number of nitro groups is 1. The summed E-state index contributed by atoms with van der Waals surface area (Å²) in [7, 11) is 0. The van der Waals surface area contributed by atoms with Gasteiger partial charge in [-0.15, -0.1) is 0 Å². The Balaban J connectivity index is 2.23. The van der Waals surface area contributed by atoms with Crippen LogP contribution < -0.4 is 9.47 Å². The van der Waals surface area contributed by atoms with Crippen LogP contribution in [0.3, 0.4) is 0 Å². The van der Waals surface area contributed by atoms with Gasteiger partial charge in [-0.05, 0) is 51.5 Å². The van der Waals surface area contributed by atoms with E-state index < -0.39 is 17.0 Å². The van der Waals surface area contributed by atoms with Crippen LogP contribution in [0.25, 0.3) is 0 Å². The van der Waals surface area contributed by atoms with Crippen LogP contribution in [-0.2, 0) is 0 Å². The molecule has 0 fully saturated rings. The van der Waals surface area contributed by atoms with Crippen molar-refractivity contribution in [3.63, 3.8) is 0 Å². The molecule has 1 N–H and O–H groups in total. The molecule has 26 heavy (non-hydrogen) atoms. The number of hydrogen-bond donors (Lipinski definition) is 1. The maximum Gasteiger partial charge on any atom is 0.335 e. The number of rotatable bonds is 6. The first-order valence-corrected chi connectivity index (χ1v) is 8.04. The highest BCUT2D eigenvalue weighted by Gasteiger charge is 2.20. The molecule has 2 aromatic rings. The molecule has 2 rings (SSSR count). The van der Waals surface area contributed by atoms with Gasteiger partial charge in [-0.25, -0.2) is 4.79 Å². The van der Waals surface area contributed by atoms with E-state index in [9.17, 15) is 14.9 Å². The molecule has 1 atom stereocenters. The zero-order valence-electron chi connectivity index (χ0n) is 15.1. The van der Waals surface area contributed by atoms with Crippen LogP contribution in [-0.4, -0.2) is 21.6 Å². The van der Waals surface area contributed by atoms with Gasteiger partial charge in [-0.3, -0.25) is 10.1 Å². The summed E-state index contributed by atoms with van der Waals surface area (Å²) in [5, 5.41) is 20.2. The fraction of sp³-hybridized carbons (Fsp3) is 0.316.